The SMILES string of the molecule is CS(=O)(=O)[C@@H]1C[C@H](S(=O)(=O)c2cccc(CN)c2)CN(c2ccccc2)C1. The number of piperidine rings is 1. The fourth-order valence-electron chi connectivity index (χ4n) is 3.43. The van der Waals surface area contributed by atoms with Crippen LogP contribution in [0.3, 0.4) is 0 Å². The highest BCUT2D eigenvalue weighted by molar-refractivity contribution is 7.92. The van der Waals surface area contributed by atoms with E-state index in [1.807, 2.05) is 35.2 Å². The predicted molar refractivity (Wildman–Crippen MR) is 107 cm³/mol. The van der Waals surface area contributed by atoms with Gasteiger partial charge in [0.1, 0.15) is 0 Å². The Morgan fingerprint density at radius 2 is 1.63 bits per heavy atom. The van der Waals surface area contributed by atoms with Crippen LogP contribution in [-0.2, 0) is 26.2 Å². The lowest BCUT2D eigenvalue weighted by Gasteiger charge is -2.38. The molecule has 2 N–H and O–H groups in total. The van der Waals surface area contributed by atoms with Gasteiger partial charge in [-0.05, 0) is 36.2 Å². The predicted octanol–water partition coefficient (Wildman–Crippen LogP) is 1.61. The molecule has 0 saturated carbocycles. The maximum Gasteiger partial charge on any atom is 0.183 e. The Labute approximate surface area is 160 Å². The quantitative estimate of drug-likeness (QED) is 0.807. The van der Waals surface area contributed by atoms with Crippen molar-refractivity contribution < 1.29 is 16.8 Å². The fraction of sp³-hybridized carbons (Fsp3) is 0.368. The van der Waals surface area contributed by atoms with Gasteiger partial charge in [0, 0.05) is 31.6 Å². The maximum absolute atomic E-state index is 13.2. The van der Waals surface area contributed by atoms with Crippen molar-refractivity contribution in [3.8, 4) is 0 Å². The second-order valence-corrected chi connectivity index (χ2v) is 11.5. The molecule has 146 valence electrons. The van der Waals surface area contributed by atoms with Crippen LogP contribution in [0.2, 0.25) is 0 Å². The van der Waals surface area contributed by atoms with Gasteiger partial charge in [0.05, 0.1) is 15.4 Å². The van der Waals surface area contributed by atoms with Crippen molar-refractivity contribution >= 4 is 25.4 Å². The molecule has 0 radical (unpaired) electrons. The molecule has 0 aromatic heterocycles. The molecule has 0 spiro atoms. The van der Waals surface area contributed by atoms with E-state index in [1.54, 1.807) is 24.3 Å². The molecule has 2 aromatic carbocycles. The van der Waals surface area contributed by atoms with E-state index in [1.165, 1.54) is 6.26 Å². The van der Waals surface area contributed by atoms with Crippen molar-refractivity contribution in [2.45, 2.75) is 28.4 Å². The Hall–Kier alpha value is -1.90. The summed E-state index contributed by atoms with van der Waals surface area (Å²) in [6, 6.07) is 15.9. The summed E-state index contributed by atoms with van der Waals surface area (Å²) in [6.07, 6.45) is 1.27. The minimum absolute atomic E-state index is 0.0946. The first kappa shape index (κ1) is 19.9. The number of nitrogens with two attached hydrogens (primary N) is 1. The average Bonchev–Trinajstić information content (AvgIpc) is 2.67. The van der Waals surface area contributed by atoms with E-state index < -0.39 is 30.2 Å². The Kier molecular flexibility index (Phi) is 5.60. The third kappa shape index (κ3) is 4.34. The van der Waals surface area contributed by atoms with Crippen LogP contribution in [0.15, 0.2) is 59.5 Å². The molecule has 1 aliphatic heterocycles. The van der Waals surface area contributed by atoms with Crippen LogP contribution in [0, 0.1) is 0 Å². The molecule has 0 bridgehead atoms. The van der Waals surface area contributed by atoms with Crippen LogP contribution >= 0.6 is 0 Å². The van der Waals surface area contributed by atoms with Gasteiger partial charge >= 0.3 is 0 Å². The van der Waals surface area contributed by atoms with Gasteiger partial charge in [0.25, 0.3) is 0 Å². The van der Waals surface area contributed by atoms with Crippen molar-refractivity contribution in [3.05, 3.63) is 60.2 Å². The number of hydrogen-bond donors (Lipinski definition) is 1. The first-order chi connectivity index (χ1) is 12.7. The van der Waals surface area contributed by atoms with Crippen LogP contribution in [0.4, 0.5) is 5.69 Å². The number of benzene rings is 2. The summed E-state index contributed by atoms with van der Waals surface area (Å²) in [6.45, 7) is 0.791. The number of nitrogens with zero attached hydrogens (tertiary/aromatic N) is 1. The van der Waals surface area contributed by atoms with Crippen LogP contribution < -0.4 is 10.6 Å². The topological polar surface area (TPSA) is 97.5 Å². The molecule has 8 heteroatoms. The van der Waals surface area contributed by atoms with Crippen LogP contribution in [-0.4, -0.2) is 46.7 Å². The molecule has 2 atom stereocenters. The molecule has 0 unspecified atom stereocenters. The maximum atomic E-state index is 13.2. The molecule has 1 fully saturated rings. The molecule has 2 aromatic rings. The normalized spacial score (nSPS) is 21.2. The monoisotopic (exact) mass is 408 g/mol. The molecule has 0 amide bonds. The highest BCUT2D eigenvalue weighted by atomic mass is 32.2. The first-order valence-corrected chi connectivity index (χ1v) is 12.2. The summed E-state index contributed by atoms with van der Waals surface area (Å²) in [7, 11) is -7.07. The zero-order valence-corrected chi connectivity index (χ0v) is 16.8. The van der Waals surface area contributed by atoms with E-state index in [-0.39, 0.29) is 31.0 Å². The Balaban J connectivity index is 1.99. The number of rotatable bonds is 5. The van der Waals surface area contributed by atoms with E-state index in [0.29, 0.717) is 0 Å². The standard InChI is InChI=1S/C19H24N2O4S2/c1-26(22,23)18-11-19(14-21(13-18)16-7-3-2-4-8-16)27(24,25)17-9-5-6-15(10-17)12-20/h2-10,18-19H,11-14,20H2,1H3/t18-,19+/m1/s1. The number of anilines is 1. The van der Waals surface area contributed by atoms with E-state index in [0.717, 1.165) is 11.3 Å². The number of sulfone groups is 2. The first-order valence-electron chi connectivity index (χ1n) is 8.73. The van der Waals surface area contributed by atoms with E-state index in [9.17, 15) is 16.8 Å². The fourth-order valence-corrected chi connectivity index (χ4v) is 6.42. The summed E-state index contributed by atoms with van der Waals surface area (Å²) in [5, 5.41) is -1.54. The Morgan fingerprint density at radius 3 is 2.26 bits per heavy atom. The zero-order valence-electron chi connectivity index (χ0n) is 15.2. The minimum atomic E-state index is -3.69. The van der Waals surface area contributed by atoms with Gasteiger partial charge in [-0.15, -0.1) is 0 Å². The van der Waals surface area contributed by atoms with Crippen molar-refractivity contribution in [1.29, 1.82) is 0 Å². The summed E-state index contributed by atoms with van der Waals surface area (Å²) in [5.74, 6) is 0. The van der Waals surface area contributed by atoms with Crippen molar-refractivity contribution in [1.82, 2.24) is 0 Å². The molecule has 3 rings (SSSR count). The summed E-state index contributed by atoms with van der Waals surface area (Å²) in [5.41, 5.74) is 7.18. The van der Waals surface area contributed by atoms with E-state index >= 15 is 0 Å². The zero-order chi connectivity index (χ0) is 19.7. The molecule has 1 heterocycles. The second kappa shape index (κ2) is 7.61. The van der Waals surface area contributed by atoms with Gasteiger partial charge in [-0.2, -0.15) is 0 Å². The van der Waals surface area contributed by atoms with Gasteiger partial charge < -0.3 is 10.6 Å². The summed E-state index contributed by atoms with van der Waals surface area (Å²) >= 11 is 0. The van der Waals surface area contributed by atoms with Crippen LogP contribution in [0.25, 0.3) is 0 Å². The minimum Gasteiger partial charge on any atom is -0.369 e. The van der Waals surface area contributed by atoms with Gasteiger partial charge in [-0.25, -0.2) is 16.8 Å². The Bertz CT molecular complexity index is 1010. The second-order valence-electron chi connectivity index (χ2n) is 6.95. The van der Waals surface area contributed by atoms with Gasteiger partial charge in [-0.3, -0.25) is 0 Å². The van der Waals surface area contributed by atoms with Crippen molar-refractivity contribution in [3.63, 3.8) is 0 Å². The lowest BCUT2D eigenvalue weighted by Crippen LogP contribution is -2.51. The smallest absolute Gasteiger partial charge is 0.183 e. The molecular weight excluding hydrogens is 384 g/mol. The highest BCUT2D eigenvalue weighted by Gasteiger charge is 2.40. The van der Waals surface area contributed by atoms with Gasteiger partial charge in [0.15, 0.2) is 19.7 Å². The third-order valence-electron chi connectivity index (χ3n) is 5.00. The molecule has 27 heavy (non-hydrogen) atoms. The average molecular weight is 409 g/mol. The van der Waals surface area contributed by atoms with E-state index in [2.05, 4.69) is 0 Å². The van der Waals surface area contributed by atoms with E-state index in [4.69, 9.17) is 5.73 Å². The molecule has 1 aliphatic rings. The van der Waals surface area contributed by atoms with Gasteiger partial charge in [0.2, 0.25) is 0 Å². The largest absolute Gasteiger partial charge is 0.369 e. The van der Waals surface area contributed by atoms with Crippen LogP contribution in [0.5, 0.6) is 0 Å². The summed E-state index contributed by atoms with van der Waals surface area (Å²) < 4.78 is 51.0. The number of hydrogen-bond acceptors (Lipinski definition) is 6. The number of para-hydroxylation sites is 1. The molecule has 6 nitrogen and oxygen atoms in total. The summed E-state index contributed by atoms with van der Waals surface area (Å²) in [4.78, 5) is 2.04. The lowest BCUT2D eigenvalue weighted by atomic mass is 10.1. The Morgan fingerprint density at radius 1 is 0.963 bits per heavy atom. The van der Waals surface area contributed by atoms with Crippen molar-refractivity contribution in [2.24, 2.45) is 5.73 Å². The van der Waals surface area contributed by atoms with Crippen LogP contribution in [0.1, 0.15) is 12.0 Å². The molecular formula is C19H24N2O4S2. The molecule has 0 aliphatic carbocycles. The third-order valence-corrected chi connectivity index (χ3v) is 8.68. The van der Waals surface area contributed by atoms with Gasteiger partial charge in [-0.1, -0.05) is 30.3 Å². The lowest BCUT2D eigenvalue weighted by molar-refractivity contribution is 0.516. The van der Waals surface area contributed by atoms with Crippen molar-refractivity contribution in [2.75, 3.05) is 24.2 Å². The highest BCUT2D eigenvalue weighted by Crippen LogP contribution is 2.30. The molecule has 1 saturated heterocycles.